The third-order valence-corrected chi connectivity index (χ3v) is 13.2. The fourth-order valence-electron chi connectivity index (χ4n) is 7.92. The molecule has 0 saturated heterocycles. The molecule has 0 spiro atoms. The van der Waals surface area contributed by atoms with Crippen molar-refractivity contribution in [3.05, 3.63) is 11.9 Å². The molecule has 0 bridgehead atoms. The van der Waals surface area contributed by atoms with E-state index in [4.69, 9.17) is 0 Å². The third-order valence-electron chi connectivity index (χ3n) is 9.90. The Morgan fingerprint density at radius 1 is 0.567 bits per heavy atom. The average molecular weight is 431 g/mol. The van der Waals surface area contributed by atoms with Crippen molar-refractivity contribution >= 4 is 7.92 Å². The van der Waals surface area contributed by atoms with Gasteiger partial charge in [-0.2, -0.15) is 0 Å². The van der Waals surface area contributed by atoms with Gasteiger partial charge in [0, 0.05) is 0 Å². The van der Waals surface area contributed by atoms with Gasteiger partial charge in [0.2, 0.25) is 0 Å². The number of allylic oxidation sites excluding steroid dienone is 1. The summed E-state index contributed by atoms with van der Waals surface area (Å²) in [5, 5.41) is 0. The Morgan fingerprint density at radius 3 is 1.33 bits per heavy atom. The molecule has 0 aliphatic heterocycles. The molecule has 1 heteroatoms. The fraction of sp³-hybridized carbons (Fsp3) is 0.931. The summed E-state index contributed by atoms with van der Waals surface area (Å²) in [7, 11) is 0.135. The van der Waals surface area contributed by atoms with Crippen LogP contribution >= 0.6 is 7.92 Å². The lowest BCUT2D eigenvalue weighted by Gasteiger charge is -2.47. The van der Waals surface area contributed by atoms with Crippen LogP contribution in [0.5, 0.6) is 0 Å². The molecule has 0 radical (unpaired) electrons. The maximum absolute atomic E-state index is 2.88. The van der Waals surface area contributed by atoms with Gasteiger partial charge in [-0.25, -0.2) is 0 Å². The van der Waals surface area contributed by atoms with Gasteiger partial charge in [-0.3, -0.25) is 0 Å². The van der Waals surface area contributed by atoms with Crippen LogP contribution in [0.1, 0.15) is 142 Å². The highest BCUT2D eigenvalue weighted by Crippen LogP contribution is 2.58. The third kappa shape index (κ3) is 5.94. The number of hydrogen-bond acceptors (Lipinski definition) is 0. The molecular formula is C29H51P. The first-order valence-electron chi connectivity index (χ1n) is 14.2. The van der Waals surface area contributed by atoms with E-state index in [1.54, 1.807) is 25.7 Å². The molecule has 4 aliphatic carbocycles. The smallest absolute Gasteiger partial charge is 0.0172 e. The van der Waals surface area contributed by atoms with E-state index in [0.29, 0.717) is 5.41 Å². The summed E-state index contributed by atoms with van der Waals surface area (Å²) in [5.74, 6) is 4.90. The zero-order valence-electron chi connectivity index (χ0n) is 20.3. The Kier molecular flexibility index (Phi) is 9.23. The van der Waals surface area contributed by atoms with E-state index in [0.717, 1.165) is 23.2 Å². The van der Waals surface area contributed by atoms with Crippen molar-refractivity contribution in [1.82, 2.24) is 0 Å². The van der Waals surface area contributed by atoms with Gasteiger partial charge >= 0.3 is 0 Å². The summed E-state index contributed by atoms with van der Waals surface area (Å²) >= 11 is 0. The molecule has 0 unspecified atom stereocenters. The lowest BCUT2D eigenvalue weighted by molar-refractivity contribution is 0.0428. The van der Waals surface area contributed by atoms with Gasteiger partial charge in [0.15, 0.2) is 0 Å². The van der Waals surface area contributed by atoms with Gasteiger partial charge in [0.25, 0.3) is 0 Å². The molecule has 4 rings (SSSR count). The molecule has 172 valence electrons. The largest absolute Gasteiger partial charge is 0.0835 e. The minimum absolute atomic E-state index is 0.135. The molecule has 4 fully saturated rings. The highest BCUT2D eigenvalue weighted by molar-refractivity contribution is 7.62. The van der Waals surface area contributed by atoms with Gasteiger partial charge in [-0.15, -0.1) is 0 Å². The topological polar surface area (TPSA) is 0 Å². The van der Waals surface area contributed by atoms with Gasteiger partial charge in [-0.1, -0.05) is 104 Å². The van der Waals surface area contributed by atoms with Crippen LogP contribution in [0.2, 0.25) is 0 Å². The van der Waals surface area contributed by atoms with E-state index < -0.39 is 0 Å². The maximum Gasteiger partial charge on any atom is -0.0172 e. The number of rotatable bonds is 7. The highest BCUT2D eigenvalue weighted by Gasteiger charge is 2.41. The Labute approximate surface area is 190 Å². The van der Waals surface area contributed by atoms with Crippen molar-refractivity contribution in [2.24, 2.45) is 17.3 Å². The molecule has 0 atom stereocenters. The highest BCUT2D eigenvalue weighted by atomic mass is 31.1. The molecule has 4 saturated carbocycles. The minimum atomic E-state index is 0.135. The normalized spacial score (nSPS) is 27.3. The maximum atomic E-state index is 2.88. The van der Waals surface area contributed by atoms with Crippen LogP contribution in [-0.4, -0.2) is 11.3 Å². The molecular weight excluding hydrogens is 379 g/mol. The lowest BCUT2D eigenvalue weighted by Crippen LogP contribution is -2.37. The first-order valence-corrected chi connectivity index (χ1v) is 15.8. The van der Waals surface area contributed by atoms with Crippen molar-refractivity contribution in [3.63, 3.8) is 0 Å². The Bertz CT molecular complexity index is 462. The van der Waals surface area contributed by atoms with Crippen LogP contribution in [0, 0.1) is 17.3 Å². The van der Waals surface area contributed by atoms with E-state index >= 15 is 0 Å². The van der Waals surface area contributed by atoms with Gasteiger partial charge in [0.05, 0.1) is 0 Å². The minimum Gasteiger partial charge on any atom is -0.0835 e. The molecule has 0 N–H and O–H groups in total. The second-order valence-electron chi connectivity index (χ2n) is 11.8. The number of hydrogen-bond donors (Lipinski definition) is 0. The van der Waals surface area contributed by atoms with E-state index in [1.165, 1.54) is 109 Å². The van der Waals surface area contributed by atoms with Crippen LogP contribution in [0.4, 0.5) is 0 Å². The van der Waals surface area contributed by atoms with Gasteiger partial charge in [0.1, 0.15) is 0 Å². The second kappa shape index (κ2) is 11.9. The molecule has 0 aromatic heterocycles. The monoisotopic (exact) mass is 430 g/mol. The van der Waals surface area contributed by atoms with Crippen molar-refractivity contribution in [2.45, 2.75) is 153 Å². The molecule has 4 aliphatic rings. The molecule has 0 nitrogen and oxygen atoms in total. The molecule has 30 heavy (non-hydrogen) atoms. The predicted octanol–water partition coefficient (Wildman–Crippen LogP) is 10.2. The van der Waals surface area contributed by atoms with Crippen molar-refractivity contribution in [1.29, 1.82) is 0 Å². The Morgan fingerprint density at radius 2 is 0.933 bits per heavy atom. The summed E-state index contributed by atoms with van der Waals surface area (Å²) in [6.07, 6.45) is 34.6. The van der Waals surface area contributed by atoms with E-state index in [-0.39, 0.29) is 7.92 Å². The lowest BCUT2D eigenvalue weighted by atomic mass is 9.58. The average Bonchev–Trinajstić information content (AvgIpc) is 2.84. The van der Waals surface area contributed by atoms with E-state index in [1.807, 2.05) is 0 Å². The van der Waals surface area contributed by atoms with Crippen molar-refractivity contribution in [2.75, 3.05) is 0 Å². The van der Waals surface area contributed by atoms with Crippen LogP contribution < -0.4 is 0 Å². The fourth-order valence-corrected chi connectivity index (χ4v) is 11.3. The summed E-state index contributed by atoms with van der Waals surface area (Å²) < 4.78 is 0. The van der Waals surface area contributed by atoms with Crippen LogP contribution in [0.3, 0.4) is 0 Å². The van der Waals surface area contributed by atoms with E-state index in [9.17, 15) is 0 Å². The van der Waals surface area contributed by atoms with Crippen LogP contribution in [0.15, 0.2) is 11.9 Å². The zero-order valence-corrected chi connectivity index (χ0v) is 21.2. The second-order valence-corrected chi connectivity index (χ2v) is 14.4. The Hall–Kier alpha value is 0.170. The zero-order chi connectivity index (χ0) is 20.7. The Balaban J connectivity index is 1.47. The molecule has 0 amide bonds. The summed E-state index contributed by atoms with van der Waals surface area (Å²) in [4.78, 5) is 0. The van der Waals surface area contributed by atoms with Crippen molar-refractivity contribution < 1.29 is 0 Å². The molecule has 0 heterocycles. The van der Waals surface area contributed by atoms with Crippen LogP contribution in [-0.2, 0) is 0 Å². The summed E-state index contributed by atoms with van der Waals surface area (Å²) in [6.45, 7) is 2.74. The first kappa shape index (κ1) is 23.3. The standard InChI is InChI=1S/C29H51P/c1-29(25-15-6-2-7-16-25,26-17-8-3-9-18-26)23-14-24-30(27-19-10-4-11-20-27)28-21-12-5-13-22-28/h14,24-28H,2-13,15-23H2,1H3. The summed E-state index contributed by atoms with van der Waals surface area (Å²) in [5.41, 5.74) is 2.74. The first-order chi connectivity index (χ1) is 14.8. The van der Waals surface area contributed by atoms with Gasteiger partial charge in [-0.05, 0) is 86.4 Å². The van der Waals surface area contributed by atoms with Crippen LogP contribution in [0.25, 0.3) is 0 Å². The molecule has 0 aromatic carbocycles. The summed E-state index contributed by atoms with van der Waals surface area (Å²) in [6, 6.07) is 0. The van der Waals surface area contributed by atoms with E-state index in [2.05, 4.69) is 18.8 Å². The SMILES string of the molecule is CC(CC=CP(C1CCCCC1)C1CCCCC1)(C1CCCCC1)C1CCCCC1. The van der Waals surface area contributed by atoms with Gasteiger partial charge < -0.3 is 0 Å². The predicted molar refractivity (Wildman–Crippen MR) is 136 cm³/mol. The van der Waals surface area contributed by atoms with Crippen molar-refractivity contribution in [3.8, 4) is 0 Å². The quantitative estimate of drug-likeness (QED) is 0.352. The molecule has 0 aromatic rings.